The number of furan rings is 1. The van der Waals surface area contributed by atoms with Crippen LogP contribution in [0, 0.1) is 12.8 Å². The van der Waals surface area contributed by atoms with E-state index in [2.05, 4.69) is 25.2 Å². The van der Waals surface area contributed by atoms with Crippen molar-refractivity contribution in [1.82, 2.24) is 5.32 Å². The molecule has 2 rings (SSSR count). The maximum atomic E-state index is 5.97. The molecule has 0 saturated heterocycles. The monoisotopic (exact) mass is 279 g/mol. The van der Waals surface area contributed by atoms with Crippen LogP contribution in [0.15, 0.2) is 10.5 Å². The first-order valence-electron chi connectivity index (χ1n) is 8.05. The van der Waals surface area contributed by atoms with Crippen LogP contribution in [0.2, 0.25) is 0 Å². The molecule has 0 radical (unpaired) electrons. The maximum Gasteiger partial charge on any atom is 0.130 e. The summed E-state index contributed by atoms with van der Waals surface area (Å²) in [6.45, 7) is 9.03. The van der Waals surface area contributed by atoms with Gasteiger partial charge in [0.2, 0.25) is 0 Å². The molecule has 0 aromatic carbocycles. The molecule has 1 aromatic rings. The van der Waals surface area contributed by atoms with Crippen LogP contribution < -0.4 is 5.32 Å². The minimum absolute atomic E-state index is 0.441. The predicted octanol–water partition coefficient (Wildman–Crippen LogP) is 4.18. The molecule has 1 saturated carbocycles. The Morgan fingerprint density at radius 2 is 2.05 bits per heavy atom. The molecule has 1 aliphatic carbocycles. The fourth-order valence-corrected chi connectivity index (χ4v) is 2.76. The Bertz CT molecular complexity index is 392. The van der Waals surface area contributed by atoms with E-state index >= 15 is 0 Å². The highest BCUT2D eigenvalue weighted by atomic mass is 16.5. The highest BCUT2D eigenvalue weighted by molar-refractivity contribution is 5.20. The largest absolute Gasteiger partial charge is 0.464 e. The van der Waals surface area contributed by atoms with Crippen molar-refractivity contribution in [2.24, 2.45) is 5.92 Å². The van der Waals surface area contributed by atoms with Gasteiger partial charge in [0, 0.05) is 12.1 Å². The highest BCUT2D eigenvalue weighted by Crippen LogP contribution is 2.22. The predicted molar refractivity (Wildman–Crippen MR) is 81.7 cm³/mol. The van der Waals surface area contributed by atoms with E-state index in [1.54, 1.807) is 0 Å². The van der Waals surface area contributed by atoms with Gasteiger partial charge in [-0.05, 0) is 38.3 Å². The van der Waals surface area contributed by atoms with Crippen molar-refractivity contribution in [2.75, 3.05) is 6.54 Å². The van der Waals surface area contributed by atoms with Gasteiger partial charge in [-0.3, -0.25) is 0 Å². The maximum absolute atomic E-state index is 5.97. The normalized spacial score (nSPS) is 17.0. The quantitative estimate of drug-likeness (QED) is 0.813. The Labute approximate surface area is 123 Å². The van der Waals surface area contributed by atoms with Gasteiger partial charge in [-0.15, -0.1) is 0 Å². The molecule has 3 nitrogen and oxygen atoms in total. The summed E-state index contributed by atoms with van der Waals surface area (Å²) in [4.78, 5) is 0. The van der Waals surface area contributed by atoms with E-state index in [1.807, 2.05) is 6.92 Å². The van der Waals surface area contributed by atoms with Crippen molar-refractivity contribution >= 4 is 0 Å². The van der Waals surface area contributed by atoms with Crippen molar-refractivity contribution in [3.63, 3.8) is 0 Å². The summed E-state index contributed by atoms with van der Waals surface area (Å²) in [5.41, 5.74) is 1.26. The fourth-order valence-electron chi connectivity index (χ4n) is 2.76. The molecule has 0 amide bonds. The molecule has 1 fully saturated rings. The van der Waals surface area contributed by atoms with E-state index < -0.39 is 0 Å². The molecular formula is C17H29NO2. The standard InChI is InChI=1S/C17H29NO2/c1-13(2)10-18-11-15-9-17(20-14(15)3)12-19-16-7-5-4-6-8-16/h9,13,16,18H,4-8,10-12H2,1-3H3. The minimum Gasteiger partial charge on any atom is -0.464 e. The van der Waals surface area contributed by atoms with Crippen LogP contribution in [0.1, 0.15) is 63.0 Å². The van der Waals surface area contributed by atoms with E-state index in [9.17, 15) is 0 Å². The first-order valence-corrected chi connectivity index (χ1v) is 8.05. The summed E-state index contributed by atoms with van der Waals surface area (Å²) in [5.74, 6) is 2.66. The summed E-state index contributed by atoms with van der Waals surface area (Å²) in [5, 5.41) is 3.46. The topological polar surface area (TPSA) is 34.4 Å². The second-order valence-electron chi connectivity index (χ2n) is 6.39. The smallest absolute Gasteiger partial charge is 0.130 e. The van der Waals surface area contributed by atoms with Crippen molar-refractivity contribution in [3.8, 4) is 0 Å². The lowest BCUT2D eigenvalue weighted by Gasteiger charge is -2.21. The zero-order valence-corrected chi connectivity index (χ0v) is 13.2. The summed E-state index contributed by atoms with van der Waals surface area (Å²) in [7, 11) is 0. The van der Waals surface area contributed by atoms with Gasteiger partial charge in [-0.2, -0.15) is 0 Å². The molecule has 20 heavy (non-hydrogen) atoms. The molecule has 0 unspecified atom stereocenters. The van der Waals surface area contributed by atoms with Crippen molar-refractivity contribution in [2.45, 2.75) is 72.1 Å². The van der Waals surface area contributed by atoms with Gasteiger partial charge in [0.05, 0.1) is 6.10 Å². The number of aryl methyl sites for hydroxylation is 1. The van der Waals surface area contributed by atoms with Gasteiger partial charge in [-0.25, -0.2) is 0 Å². The van der Waals surface area contributed by atoms with Crippen LogP contribution in [0.25, 0.3) is 0 Å². The summed E-state index contributed by atoms with van der Waals surface area (Å²) in [6, 6.07) is 2.14. The van der Waals surface area contributed by atoms with E-state index in [-0.39, 0.29) is 0 Å². The van der Waals surface area contributed by atoms with E-state index in [0.29, 0.717) is 18.6 Å². The molecule has 3 heteroatoms. The molecule has 1 N–H and O–H groups in total. The molecular weight excluding hydrogens is 250 g/mol. The Morgan fingerprint density at radius 1 is 1.30 bits per heavy atom. The van der Waals surface area contributed by atoms with Crippen molar-refractivity contribution in [1.29, 1.82) is 0 Å². The average Bonchev–Trinajstić information content (AvgIpc) is 2.78. The number of rotatable bonds is 7. The molecule has 1 heterocycles. The van der Waals surface area contributed by atoms with Crippen LogP contribution in [0.5, 0.6) is 0 Å². The van der Waals surface area contributed by atoms with Crippen LogP contribution in [-0.4, -0.2) is 12.6 Å². The zero-order valence-electron chi connectivity index (χ0n) is 13.2. The molecule has 0 bridgehead atoms. The average molecular weight is 279 g/mol. The molecule has 1 aromatic heterocycles. The third kappa shape index (κ3) is 4.95. The van der Waals surface area contributed by atoms with Crippen molar-refractivity contribution in [3.05, 3.63) is 23.2 Å². The van der Waals surface area contributed by atoms with Gasteiger partial charge in [0.15, 0.2) is 0 Å². The fraction of sp³-hybridized carbons (Fsp3) is 0.765. The second kappa shape index (κ2) is 7.84. The van der Waals surface area contributed by atoms with Gasteiger partial charge in [-0.1, -0.05) is 33.1 Å². The Morgan fingerprint density at radius 3 is 2.75 bits per heavy atom. The van der Waals surface area contributed by atoms with Crippen LogP contribution in [0.4, 0.5) is 0 Å². The zero-order chi connectivity index (χ0) is 14.4. The van der Waals surface area contributed by atoms with Crippen LogP contribution in [0.3, 0.4) is 0 Å². The Balaban J connectivity index is 1.77. The molecule has 1 aliphatic rings. The van der Waals surface area contributed by atoms with Gasteiger partial charge >= 0.3 is 0 Å². The van der Waals surface area contributed by atoms with Gasteiger partial charge < -0.3 is 14.5 Å². The first kappa shape index (κ1) is 15.6. The number of ether oxygens (including phenoxy) is 1. The second-order valence-corrected chi connectivity index (χ2v) is 6.39. The Kier molecular flexibility index (Phi) is 6.11. The first-order chi connectivity index (χ1) is 9.65. The summed E-state index contributed by atoms with van der Waals surface area (Å²) >= 11 is 0. The summed E-state index contributed by atoms with van der Waals surface area (Å²) in [6.07, 6.45) is 6.85. The van der Waals surface area contributed by atoms with Gasteiger partial charge in [0.25, 0.3) is 0 Å². The van der Waals surface area contributed by atoms with Crippen LogP contribution in [-0.2, 0) is 17.9 Å². The number of hydrogen-bond donors (Lipinski definition) is 1. The molecule has 0 atom stereocenters. The van der Waals surface area contributed by atoms with Gasteiger partial charge in [0.1, 0.15) is 18.1 Å². The van der Waals surface area contributed by atoms with E-state index in [1.165, 1.54) is 37.7 Å². The molecule has 0 aliphatic heterocycles. The summed E-state index contributed by atoms with van der Waals surface area (Å²) < 4.78 is 11.8. The molecule has 0 spiro atoms. The van der Waals surface area contributed by atoms with Crippen molar-refractivity contribution < 1.29 is 9.15 Å². The minimum atomic E-state index is 0.441. The number of hydrogen-bond acceptors (Lipinski definition) is 3. The molecule has 114 valence electrons. The van der Waals surface area contributed by atoms with E-state index in [0.717, 1.165) is 24.6 Å². The van der Waals surface area contributed by atoms with Crippen LogP contribution >= 0.6 is 0 Å². The lowest BCUT2D eigenvalue weighted by Crippen LogP contribution is -2.19. The number of nitrogens with one attached hydrogen (secondary N) is 1. The Hall–Kier alpha value is -0.800. The lowest BCUT2D eigenvalue weighted by molar-refractivity contribution is 0.00850. The highest BCUT2D eigenvalue weighted by Gasteiger charge is 2.15. The SMILES string of the molecule is Cc1oc(COC2CCCCC2)cc1CNCC(C)C. The third-order valence-electron chi connectivity index (χ3n) is 3.95. The lowest BCUT2D eigenvalue weighted by atomic mass is 9.98. The van der Waals surface area contributed by atoms with E-state index in [4.69, 9.17) is 9.15 Å². The third-order valence-corrected chi connectivity index (χ3v) is 3.95.